The van der Waals surface area contributed by atoms with Gasteiger partial charge in [-0.15, -0.1) is 11.6 Å². The molecule has 0 aliphatic carbocycles. The van der Waals surface area contributed by atoms with E-state index in [2.05, 4.69) is 15.9 Å². The number of rotatable bonds is 2. The van der Waals surface area contributed by atoms with Crippen LogP contribution in [0, 0.1) is 5.92 Å². The lowest BCUT2D eigenvalue weighted by molar-refractivity contribution is -0.117. The molecule has 1 amide bonds. The molecule has 0 spiro atoms. The zero-order chi connectivity index (χ0) is 12.6. The van der Waals surface area contributed by atoms with Gasteiger partial charge in [0, 0.05) is 28.3 Å². The predicted molar refractivity (Wildman–Crippen MR) is 75.3 cm³/mol. The summed E-state index contributed by atoms with van der Waals surface area (Å²) in [4.78, 5) is 13.6. The fourth-order valence-electron chi connectivity index (χ4n) is 1.89. The van der Waals surface area contributed by atoms with E-state index in [0.717, 1.165) is 4.47 Å². The van der Waals surface area contributed by atoms with E-state index in [1.165, 1.54) is 0 Å². The molecule has 1 atom stereocenters. The van der Waals surface area contributed by atoms with E-state index in [0.29, 0.717) is 34.6 Å². The quantitative estimate of drug-likeness (QED) is 0.721. The lowest BCUT2D eigenvalue weighted by atomic mass is 10.1. The number of nitrogens with zero attached hydrogens (tertiary/aromatic N) is 1. The van der Waals surface area contributed by atoms with Crippen LogP contribution in [0.3, 0.4) is 0 Å². The Bertz CT molecular complexity index is 443. The maximum Gasteiger partial charge on any atom is 0.227 e. The Hall–Kier alpha value is 0.0400. The monoisotopic (exact) mass is 355 g/mol. The van der Waals surface area contributed by atoms with Gasteiger partial charge >= 0.3 is 0 Å². The van der Waals surface area contributed by atoms with Crippen LogP contribution >= 0.6 is 50.7 Å². The minimum Gasteiger partial charge on any atom is -0.310 e. The third kappa shape index (κ3) is 2.73. The molecule has 1 aliphatic rings. The highest BCUT2D eigenvalue weighted by atomic mass is 79.9. The number of carbonyl (C=O) groups excluding carboxylic acids is 1. The number of hydrogen-bond donors (Lipinski definition) is 0. The van der Waals surface area contributed by atoms with Crippen molar-refractivity contribution >= 4 is 62.3 Å². The van der Waals surface area contributed by atoms with Crippen LogP contribution in [0.15, 0.2) is 16.6 Å². The van der Waals surface area contributed by atoms with Gasteiger partial charge in [-0.25, -0.2) is 0 Å². The molecule has 6 heteroatoms. The number of hydrogen-bond acceptors (Lipinski definition) is 1. The van der Waals surface area contributed by atoms with Crippen LogP contribution in [-0.4, -0.2) is 18.3 Å². The zero-order valence-electron chi connectivity index (χ0n) is 8.72. The van der Waals surface area contributed by atoms with Gasteiger partial charge in [-0.3, -0.25) is 4.79 Å². The van der Waals surface area contributed by atoms with Gasteiger partial charge in [-0.1, -0.05) is 23.2 Å². The largest absolute Gasteiger partial charge is 0.310 e. The first-order valence-corrected chi connectivity index (χ1v) is 7.12. The molecule has 0 radical (unpaired) electrons. The summed E-state index contributed by atoms with van der Waals surface area (Å²) >= 11 is 21.2. The van der Waals surface area contributed by atoms with Crippen molar-refractivity contribution in [2.75, 3.05) is 17.3 Å². The first kappa shape index (κ1) is 13.5. The van der Waals surface area contributed by atoms with Crippen molar-refractivity contribution in [2.24, 2.45) is 5.92 Å². The molecule has 1 aliphatic heterocycles. The molecule has 2 nitrogen and oxygen atoms in total. The maximum atomic E-state index is 11.9. The summed E-state index contributed by atoms with van der Waals surface area (Å²) in [5.74, 6) is 0.703. The van der Waals surface area contributed by atoms with Crippen LogP contribution in [0.2, 0.25) is 10.0 Å². The highest BCUT2D eigenvalue weighted by Crippen LogP contribution is 2.39. The molecular formula is C11H9BrCl3NO. The second-order valence-electron chi connectivity index (χ2n) is 3.95. The minimum absolute atomic E-state index is 0.0422. The molecule has 0 N–H and O–H groups in total. The number of anilines is 1. The average molecular weight is 357 g/mol. The van der Waals surface area contributed by atoms with Crippen LogP contribution in [0.25, 0.3) is 0 Å². The van der Waals surface area contributed by atoms with Gasteiger partial charge in [-0.2, -0.15) is 0 Å². The third-order valence-corrected chi connectivity index (χ3v) is 4.22. The summed E-state index contributed by atoms with van der Waals surface area (Å²) in [7, 11) is 0. The number of benzene rings is 1. The van der Waals surface area contributed by atoms with Crippen molar-refractivity contribution in [2.45, 2.75) is 6.42 Å². The number of halogens is 4. The van der Waals surface area contributed by atoms with Crippen molar-refractivity contribution in [1.82, 2.24) is 0 Å². The van der Waals surface area contributed by atoms with E-state index in [1.807, 2.05) is 0 Å². The summed E-state index contributed by atoms with van der Waals surface area (Å²) in [6, 6.07) is 3.36. The van der Waals surface area contributed by atoms with Gasteiger partial charge in [0.1, 0.15) is 0 Å². The minimum atomic E-state index is 0.0422. The van der Waals surface area contributed by atoms with E-state index >= 15 is 0 Å². The molecule has 0 saturated carbocycles. The number of amides is 1. The van der Waals surface area contributed by atoms with Crippen LogP contribution in [-0.2, 0) is 4.79 Å². The van der Waals surface area contributed by atoms with Gasteiger partial charge < -0.3 is 4.90 Å². The Morgan fingerprint density at radius 2 is 2.12 bits per heavy atom. The van der Waals surface area contributed by atoms with Crippen LogP contribution < -0.4 is 4.90 Å². The standard InChI is InChI=1S/C11H9BrCl3NO/c12-8-2-7(14)3-9(15)11(8)16-5-6(4-13)1-10(16)17/h2-3,6H,1,4-5H2. The molecular weight excluding hydrogens is 348 g/mol. The predicted octanol–water partition coefficient (Wildman–Crippen LogP) is 4.35. The van der Waals surface area contributed by atoms with Gasteiger partial charge in [0.15, 0.2) is 0 Å². The molecule has 1 aromatic rings. The van der Waals surface area contributed by atoms with Crippen LogP contribution in [0.4, 0.5) is 5.69 Å². The SMILES string of the molecule is O=C1CC(CCl)CN1c1c(Cl)cc(Cl)cc1Br. The first-order chi connectivity index (χ1) is 8.02. The Labute approximate surface area is 123 Å². The van der Waals surface area contributed by atoms with Crippen LogP contribution in [0.5, 0.6) is 0 Å². The van der Waals surface area contributed by atoms with E-state index < -0.39 is 0 Å². The number of alkyl halides is 1. The third-order valence-electron chi connectivity index (χ3n) is 2.67. The molecule has 17 heavy (non-hydrogen) atoms. The fraction of sp³-hybridized carbons (Fsp3) is 0.364. The average Bonchev–Trinajstić information content (AvgIpc) is 2.59. The fourth-order valence-corrected chi connectivity index (χ4v) is 3.62. The lowest BCUT2D eigenvalue weighted by Gasteiger charge is -2.19. The molecule has 0 bridgehead atoms. The Balaban J connectivity index is 2.38. The lowest BCUT2D eigenvalue weighted by Crippen LogP contribution is -2.25. The second-order valence-corrected chi connectivity index (χ2v) is 5.95. The van der Waals surface area contributed by atoms with Gasteiger partial charge in [0.2, 0.25) is 5.91 Å². The summed E-state index contributed by atoms with van der Waals surface area (Å²) < 4.78 is 0.721. The number of carbonyl (C=O) groups is 1. The molecule has 1 unspecified atom stereocenters. The second kappa shape index (κ2) is 5.35. The topological polar surface area (TPSA) is 20.3 Å². The normalized spacial score (nSPS) is 20.1. The Morgan fingerprint density at radius 3 is 2.65 bits per heavy atom. The Kier molecular flexibility index (Phi) is 4.24. The van der Waals surface area contributed by atoms with Crippen molar-refractivity contribution in [1.29, 1.82) is 0 Å². The van der Waals surface area contributed by atoms with E-state index in [9.17, 15) is 4.79 Å². The van der Waals surface area contributed by atoms with Crippen molar-refractivity contribution in [3.8, 4) is 0 Å². The van der Waals surface area contributed by atoms with E-state index in [4.69, 9.17) is 34.8 Å². The van der Waals surface area contributed by atoms with Gasteiger partial charge in [0.25, 0.3) is 0 Å². The van der Waals surface area contributed by atoms with Gasteiger partial charge in [-0.05, 0) is 34.0 Å². The molecule has 0 aromatic heterocycles. The molecule has 1 aromatic carbocycles. The molecule has 1 saturated heterocycles. The smallest absolute Gasteiger partial charge is 0.227 e. The van der Waals surface area contributed by atoms with Crippen molar-refractivity contribution in [3.63, 3.8) is 0 Å². The van der Waals surface area contributed by atoms with Crippen LogP contribution in [0.1, 0.15) is 6.42 Å². The molecule has 2 rings (SSSR count). The summed E-state index contributed by atoms with van der Waals surface area (Å²) in [6.07, 6.45) is 0.467. The van der Waals surface area contributed by atoms with E-state index in [-0.39, 0.29) is 11.8 Å². The zero-order valence-corrected chi connectivity index (χ0v) is 12.6. The van der Waals surface area contributed by atoms with Crippen molar-refractivity contribution in [3.05, 3.63) is 26.7 Å². The summed E-state index contributed by atoms with van der Waals surface area (Å²) in [5, 5.41) is 0.999. The first-order valence-electron chi connectivity index (χ1n) is 5.03. The molecule has 1 heterocycles. The molecule has 1 fully saturated rings. The Morgan fingerprint density at radius 1 is 1.41 bits per heavy atom. The molecule has 92 valence electrons. The van der Waals surface area contributed by atoms with E-state index in [1.54, 1.807) is 17.0 Å². The van der Waals surface area contributed by atoms with Crippen molar-refractivity contribution < 1.29 is 4.79 Å². The highest BCUT2D eigenvalue weighted by molar-refractivity contribution is 9.10. The van der Waals surface area contributed by atoms with Gasteiger partial charge in [0.05, 0.1) is 10.7 Å². The highest BCUT2D eigenvalue weighted by Gasteiger charge is 2.32. The maximum absolute atomic E-state index is 11.9. The summed E-state index contributed by atoms with van der Waals surface area (Å²) in [6.45, 7) is 0.599. The summed E-state index contributed by atoms with van der Waals surface area (Å²) in [5.41, 5.74) is 0.675.